The highest BCUT2D eigenvalue weighted by atomic mass is 79.9. The summed E-state index contributed by atoms with van der Waals surface area (Å²) in [5.41, 5.74) is 3.50. The molecule has 2 aromatic heterocycles. The van der Waals surface area contributed by atoms with Gasteiger partial charge in [0.05, 0.1) is 8.66 Å². The Labute approximate surface area is 139 Å². The molecule has 3 nitrogen and oxygen atoms in total. The Bertz CT molecular complexity index is 584. The fourth-order valence-electron chi connectivity index (χ4n) is 2.30. The van der Waals surface area contributed by atoms with Crippen molar-refractivity contribution >= 4 is 27.3 Å². The Kier molecular flexibility index (Phi) is 5.90. The molecule has 114 valence electrons. The van der Waals surface area contributed by atoms with Crippen LogP contribution in [0, 0.1) is 13.8 Å². The van der Waals surface area contributed by atoms with E-state index in [1.165, 1.54) is 5.56 Å². The van der Waals surface area contributed by atoms with Crippen molar-refractivity contribution in [2.45, 2.75) is 46.6 Å². The quantitative estimate of drug-likeness (QED) is 0.762. The van der Waals surface area contributed by atoms with Crippen molar-refractivity contribution in [3.63, 3.8) is 0 Å². The second kappa shape index (κ2) is 7.47. The Balaban J connectivity index is 2.10. The molecular formula is C16H22BrN3S. The first kappa shape index (κ1) is 16.6. The topological polar surface area (TPSA) is 37.8 Å². The van der Waals surface area contributed by atoms with Gasteiger partial charge in [0.1, 0.15) is 0 Å². The van der Waals surface area contributed by atoms with Gasteiger partial charge in [0.15, 0.2) is 5.82 Å². The van der Waals surface area contributed by atoms with Gasteiger partial charge in [-0.3, -0.25) is 0 Å². The van der Waals surface area contributed by atoms with Gasteiger partial charge in [0.25, 0.3) is 0 Å². The molecule has 2 aromatic rings. The van der Waals surface area contributed by atoms with E-state index in [1.54, 1.807) is 11.3 Å². The Morgan fingerprint density at radius 2 is 1.86 bits per heavy atom. The Hall–Kier alpha value is -0.780. The van der Waals surface area contributed by atoms with Crippen molar-refractivity contribution in [2.75, 3.05) is 6.54 Å². The molecule has 0 aliphatic carbocycles. The second-order valence-corrected chi connectivity index (χ2v) is 7.98. The van der Waals surface area contributed by atoms with Crippen LogP contribution in [0.25, 0.3) is 10.7 Å². The van der Waals surface area contributed by atoms with Crippen molar-refractivity contribution in [2.24, 2.45) is 0 Å². The zero-order valence-corrected chi connectivity index (χ0v) is 15.4. The van der Waals surface area contributed by atoms with Crippen LogP contribution in [0.3, 0.4) is 0 Å². The maximum atomic E-state index is 4.69. The minimum absolute atomic E-state index is 0.545. The van der Waals surface area contributed by atoms with E-state index < -0.39 is 0 Å². The molecule has 0 atom stereocenters. The van der Waals surface area contributed by atoms with Gasteiger partial charge < -0.3 is 5.32 Å². The number of aromatic nitrogens is 2. The van der Waals surface area contributed by atoms with Crippen LogP contribution in [0.4, 0.5) is 0 Å². The van der Waals surface area contributed by atoms with Gasteiger partial charge in [-0.1, -0.05) is 13.8 Å². The minimum Gasteiger partial charge on any atom is -0.315 e. The van der Waals surface area contributed by atoms with Crippen LogP contribution in [0.5, 0.6) is 0 Å². The standard InChI is InChI=1S/C16H22BrN3S/c1-10(2)18-9-5-6-13-11(3)19-16(20-12(13)4)14-7-8-15(17)21-14/h7-8,10,18H,5-6,9H2,1-4H3. The molecule has 2 rings (SSSR count). The van der Waals surface area contributed by atoms with Gasteiger partial charge >= 0.3 is 0 Å². The summed E-state index contributed by atoms with van der Waals surface area (Å²) >= 11 is 5.16. The fourth-order valence-corrected chi connectivity index (χ4v) is 3.62. The molecule has 0 saturated carbocycles. The highest BCUT2D eigenvalue weighted by Crippen LogP contribution is 2.30. The molecule has 0 fully saturated rings. The number of halogens is 1. The van der Waals surface area contributed by atoms with E-state index >= 15 is 0 Å². The zero-order chi connectivity index (χ0) is 15.4. The summed E-state index contributed by atoms with van der Waals surface area (Å²) in [6.07, 6.45) is 2.15. The lowest BCUT2D eigenvalue weighted by atomic mass is 10.1. The molecule has 0 spiro atoms. The van der Waals surface area contributed by atoms with Crippen LogP contribution in [-0.2, 0) is 6.42 Å². The predicted octanol–water partition coefficient (Wildman–Crippen LogP) is 4.52. The number of thiophene rings is 1. The summed E-state index contributed by atoms with van der Waals surface area (Å²) in [5, 5.41) is 3.45. The second-order valence-electron chi connectivity index (χ2n) is 5.51. The summed E-state index contributed by atoms with van der Waals surface area (Å²) in [4.78, 5) is 10.5. The van der Waals surface area contributed by atoms with Crippen molar-refractivity contribution in [3.8, 4) is 10.7 Å². The van der Waals surface area contributed by atoms with Gasteiger partial charge in [0, 0.05) is 17.4 Å². The molecule has 1 N–H and O–H groups in total. The fraction of sp³-hybridized carbons (Fsp3) is 0.500. The molecule has 0 amide bonds. The van der Waals surface area contributed by atoms with Crippen molar-refractivity contribution in [1.29, 1.82) is 0 Å². The summed E-state index contributed by atoms with van der Waals surface area (Å²) in [5.74, 6) is 0.838. The molecule has 0 aliphatic heterocycles. The summed E-state index contributed by atoms with van der Waals surface area (Å²) < 4.78 is 1.11. The molecule has 0 radical (unpaired) electrons. The normalized spacial score (nSPS) is 11.3. The van der Waals surface area contributed by atoms with Crippen molar-refractivity contribution in [3.05, 3.63) is 32.9 Å². The van der Waals surface area contributed by atoms with E-state index in [-0.39, 0.29) is 0 Å². The molecule has 2 heterocycles. The first-order valence-electron chi connectivity index (χ1n) is 7.30. The van der Waals surface area contributed by atoms with Gasteiger partial charge in [-0.15, -0.1) is 11.3 Å². The number of nitrogens with zero attached hydrogens (tertiary/aromatic N) is 2. The lowest BCUT2D eigenvalue weighted by molar-refractivity contribution is 0.569. The maximum absolute atomic E-state index is 4.69. The van der Waals surface area contributed by atoms with Gasteiger partial charge in [-0.05, 0) is 66.9 Å². The summed E-state index contributed by atoms with van der Waals surface area (Å²) in [6, 6.07) is 4.65. The highest BCUT2D eigenvalue weighted by Gasteiger charge is 2.11. The molecule has 0 aliphatic rings. The number of rotatable bonds is 6. The highest BCUT2D eigenvalue weighted by molar-refractivity contribution is 9.11. The van der Waals surface area contributed by atoms with Crippen LogP contribution < -0.4 is 5.32 Å². The van der Waals surface area contributed by atoms with E-state index in [1.807, 2.05) is 6.07 Å². The van der Waals surface area contributed by atoms with E-state index in [2.05, 4.69) is 65.0 Å². The number of aryl methyl sites for hydroxylation is 2. The number of hydrogen-bond donors (Lipinski definition) is 1. The van der Waals surface area contributed by atoms with Crippen LogP contribution in [0.1, 0.15) is 37.2 Å². The SMILES string of the molecule is Cc1nc(-c2ccc(Br)s2)nc(C)c1CCCNC(C)C. The first-order valence-corrected chi connectivity index (χ1v) is 8.91. The van der Waals surface area contributed by atoms with Crippen molar-refractivity contribution in [1.82, 2.24) is 15.3 Å². The van der Waals surface area contributed by atoms with Gasteiger partial charge in [-0.25, -0.2) is 9.97 Å². The third-order valence-electron chi connectivity index (χ3n) is 3.37. The van der Waals surface area contributed by atoms with E-state index in [9.17, 15) is 0 Å². The largest absolute Gasteiger partial charge is 0.315 e. The average Bonchev–Trinajstić information content (AvgIpc) is 2.83. The van der Waals surface area contributed by atoms with Crippen LogP contribution in [0.15, 0.2) is 15.9 Å². The Morgan fingerprint density at radius 3 is 2.38 bits per heavy atom. The minimum atomic E-state index is 0.545. The maximum Gasteiger partial charge on any atom is 0.169 e. The van der Waals surface area contributed by atoms with Gasteiger partial charge in [0.2, 0.25) is 0 Å². The predicted molar refractivity (Wildman–Crippen MR) is 94.0 cm³/mol. The average molecular weight is 368 g/mol. The van der Waals surface area contributed by atoms with Crippen molar-refractivity contribution < 1.29 is 0 Å². The van der Waals surface area contributed by atoms with E-state index in [0.29, 0.717) is 6.04 Å². The van der Waals surface area contributed by atoms with E-state index in [4.69, 9.17) is 0 Å². The molecule has 0 aromatic carbocycles. The first-order chi connectivity index (χ1) is 9.97. The van der Waals surface area contributed by atoms with Crippen LogP contribution in [-0.4, -0.2) is 22.6 Å². The summed E-state index contributed by atoms with van der Waals surface area (Å²) in [7, 11) is 0. The van der Waals surface area contributed by atoms with Gasteiger partial charge in [-0.2, -0.15) is 0 Å². The molecule has 21 heavy (non-hydrogen) atoms. The molecule has 5 heteroatoms. The molecule has 0 bridgehead atoms. The third-order valence-corrected chi connectivity index (χ3v) is 4.99. The number of hydrogen-bond acceptors (Lipinski definition) is 4. The van der Waals surface area contributed by atoms with E-state index in [0.717, 1.165) is 45.3 Å². The monoisotopic (exact) mass is 367 g/mol. The molecule has 0 saturated heterocycles. The molecular weight excluding hydrogens is 346 g/mol. The Morgan fingerprint density at radius 1 is 1.19 bits per heavy atom. The smallest absolute Gasteiger partial charge is 0.169 e. The van der Waals surface area contributed by atoms with Crippen LogP contribution in [0.2, 0.25) is 0 Å². The summed E-state index contributed by atoms with van der Waals surface area (Å²) in [6.45, 7) is 9.56. The molecule has 0 unspecified atom stereocenters. The zero-order valence-electron chi connectivity index (χ0n) is 13.0. The lowest BCUT2D eigenvalue weighted by Crippen LogP contribution is -2.24. The lowest BCUT2D eigenvalue weighted by Gasteiger charge is -2.11. The van der Waals surface area contributed by atoms with Crippen LogP contribution >= 0.6 is 27.3 Å². The third kappa shape index (κ3) is 4.59. The number of nitrogens with one attached hydrogen (secondary N) is 1.